The number of carbonyl (C=O) groups excluding carboxylic acids is 1. The first kappa shape index (κ1) is 15.1. The number of hydrogen-bond donors (Lipinski definition) is 0. The van der Waals surface area contributed by atoms with Gasteiger partial charge in [0.25, 0.3) is 0 Å². The van der Waals surface area contributed by atoms with Crippen molar-refractivity contribution in [1.29, 1.82) is 0 Å². The molecule has 1 fully saturated rings. The van der Waals surface area contributed by atoms with Crippen LogP contribution in [0.15, 0.2) is 18.2 Å². The summed E-state index contributed by atoms with van der Waals surface area (Å²) in [5.41, 5.74) is 1.23. The van der Waals surface area contributed by atoms with Gasteiger partial charge >= 0.3 is 6.18 Å². The Balaban J connectivity index is 1.97. The van der Waals surface area contributed by atoms with Crippen molar-refractivity contribution >= 4 is 23.6 Å². The van der Waals surface area contributed by atoms with Crippen molar-refractivity contribution in [3.63, 3.8) is 0 Å². The van der Waals surface area contributed by atoms with Crippen LogP contribution in [0.1, 0.15) is 10.4 Å². The molecule has 1 heterocycles. The fraction of sp³-hybridized carbons (Fsp3) is 0.462. The van der Waals surface area contributed by atoms with Crippen LogP contribution in [0, 0.1) is 0 Å². The van der Waals surface area contributed by atoms with Crippen LogP contribution in [0.4, 0.5) is 18.9 Å². The second-order valence-corrected chi connectivity index (χ2v) is 5.11. The van der Waals surface area contributed by atoms with E-state index < -0.39 is 12.7 Å². The number of benzene rings is 1. The lowest BCUT2D eigenvalue weighted by atomic mass is 10.2. The zero-order chi connectivity index (χ0) is 14.8. The summed E-state index contributed by atoms with van der Waals surface area (Å²) in [6.45, 7) is 0.852. The first-order chi connectivity index (χ1) is 9.39. The highest BCUT2D eigenvalue weighted by molar-refractivity contribution is 6.33. The molecule has 0 aromatic heterocycles. The molecule has 0 spiro atoms. The Hall–Kier alpha value is -1.27. The summed E-state index contributed by atoms with van der Waals surface area (Å²) in [5.74, 6) is 0. The summed E-state index contributed by atoms with van der Waals surface area (Å²) < 4.78 is 36.9. The number of anilines is 1. The maximum Gasteiger partial charge on any atom is 0.401 e. The lowest BCUT2D eigenvalue weighted by Gasteiger charge is -2.36. The van der Waals surface area contributed by atoms with Gasteiger partial charge in [0, 0.05) is 37.4 Å². The number of alkyl halides is 3. The maximum absolute atomic E-state index is 12.3. The van der Waals surface area contributed by atoms with E-state index in [0.717, 1.165) is 5.69 Å². The number of halogens is 4. The van der Waals surface area contributed by atoms with Crippen molar-refractivity contribution in [2.24, 2.45) is 0 Å². The van der Waals surface area contributed by atoms with E-state index in [2.05, 4.69) is 0 Å². The van der Waals surface area contributed by atoms with Crippen molar-refractivity contribution < 1.29 is 18.0 Å². The standard InChI is InChI=1S/C13H14ClF3N2O/c14-12-7-11(2-1-10(12)8-20)19-5-3-18(4-6-19)9-13(15,16)17/h1-2,7-8H,3-6,9H2. The van der Waals surface area contributed by atoms with Crippen LogP contribution in [-0.2, 0) is 0 Å². The molecule has 110 valence electrons. The third-order valence-electron chi connectivity index (χ3n) is 3.25. The van der Waals surface area contributed by atoms with Gasteiger partial charge in [-0.1, -0.05) is 11.6 Å². The van der Waals surface area contributed by atoms with Crippen molar-refractivity contribution in [3.05, 3.63) is 28.8 Å². The molecule has 0 atom stereocenters. The zero-order valence-electron chi connectivity index (χ0n) is 10.7. The van der Waals surface area contributed by atoms with Crippen molar-refractivity contribution in [1.82, 2.24) is 4.90 Å². The van der Waals surface area contributed by atoms with Crippen LogP contribution in [0.25, 0.3) is 0 Å². The molecule has 7 heteroatoms. The van der Waals surface area contributed by atoms with Crippen LogP contribution in [0.2, 0.25) is 5.02 Å². The van der Waals surface area contributed by atoms with Crippen LogP contribution in [0.5, 0.6) is 0 Å². The predicted molar refractivity (Wildman–Crippen MR) is 71.5 cm³/mol. The second kappa shape index (κ2) is 6.01. The van der Waals surface area contributed by atoms with Gasteiger partial charge in [-0.15, -0.1) is 0 Å². The molecule has 20 heavy (non-hydrogen) atoms. The Labute approximate surface area is 119 Å². The highest BCUT2D eigenvalue weighted by atomic mass is 35.5. The second-order valence-electron chi connectivity index (χ2n) is 4.70. The van der Waals surface area contributed by atoms with Crippen molar-refractivity contribution in [2.75, 3.05) is 37.6 Å². The summed E-state index contributed by atoms with van der Waals surface area (Å²) >= 11 is 5.95. The third-order valence-corrected chi connectivity index (χ3v) is 3.58. The van der Waals surface area contributed by atoms with Crippen LogP contribution >= 0.6 is 11.6 Å². The highest BCUT2D eigenvalue weighted by Crippen LogP contribution is 2.24. The smallest absolute Gasteiger partial charge is 0.369 e. The molecule has 1 aliphatic heterocycles. The van der Waals surface area contributed by atoms with Crippen molar-refractivity contribution in [3.8, 4) is 0 Å². The number of carbonyl (C=O) groups is 1. The van der Waals surface area contributed by atoms with Crippen LogP contribution in [-0.4, -0.2) is 50.1 Å². The van der Waals surface area contributed by atoms with E-state index >= 15 is 0 Å². The average molecular weight is 307 g/mol. The topological polar surface area (TPSA) is 23.6 Å². The SMILES string of the molecule is O=Cc1ccc(N2CCN(CC(F)(F)F)CC2)cc1Cl. The van der Waals surface area contributed by atoms with E-state index in [4.69, 9.17) is 11.6 Å². The van der Waals surface area contributed by atoms with Gasteiger partial charge < -0.3 is 4.90 Å². The Morgan fingerprint density at radius 2 is 1.85 bits per heavy atom. The van der Waals surface area contributed by atoms with E-state index in [-0.39, 0.29) is 0 Å². The molecule has 3 nitrogen and oxygen atoms in total. The summed E-state index contributed by atoms with van der Waals surface area (Å²) in [6.07, 6.45) is -3.48. The predicted octanol–water partition coefficient (Wildman–Crippen LogP) is 2.84. The van der Waals surface area contributed by atoms with Gasteiger partial charge in [-0.2, -0.15) is 13.2 Å². The fourth-order valence-corrected chi connectivity index (χ4v) is 2.45. The van der Waals surface area contributed by atoms with Gasteiger partial charge in [-0.05, 0) is 18.2 Å². The minimum absolute atomic E-state index is 0.354. The first-order valence-electron chi connectivity index (χ1n) is 6.18. The number of hydrogen-bond acceptors (Lipinski definition) is 3. The molecule has 1 saturated heterocycles. The van der Waals surface area contributed by atoms with Gasteiger partial charge in [0.15, 0.2) is 6.29 Å². The lowest BCUT2D eigenvalue weighted by molar-refractivity contribution is -0.146. The van der Waals surface area contributed by atoms with E-state index in [1.807, 2.05) is 4.90 Å². The molecule has 1 aromatic rings. The Morgan fingerprint density at radius 3 is 2.35 bits per heavy atom. The van der Waals surface area contributed by atoms with Crippen LogP contribution in [0.3, 0.4) is 0 Å². The molecule has 0 amide bonds. The molecule has 1 aromatic carbocycles. The minimum Gasteiger partial charge on any atom is -0.369 e. The van der Waals surface area contributed by atoms with Crippen molar-refractivity contribution in [2.45, 2.75) is 6.18 Å². The van der Waals surface area contributed by atoms with E-state index in [0.29, 0.717) is 43.1 Å². The molecule has 1 aliphatic rings. The first-order valence-corrected chi connectivity index (χ1v) is 6.55. The van der Waals surface area contributed by atoms with Gasteiger partial charge in [0.2, 0.25) is 0 Å². The molecule has 2 rings (SSSR count). The molecule has 0 aliphatic carbocycles. The normalized spacial score (nSPS) is 17.3. The Bertz CT molecular complexity index is 485. The molecular formula is C13H14ClF3N2O. The minimum atomic E-state index is -4.16. The summed E-state index contributed by atoms with van der Waals surface area (Å²) in [5, 5.41) is 0.357. The van der Waals surface area contributed by atoms with Gasteiger partial charge in [-0.3, -0.25) is 9.69 Å². The average Bonchev–Trinajstić information content (AvgIpc) is 2.37. The largest absolute Gasteiger partial charge is 0.401 e. The maximum atomic E-state index is 12.3. The highest BCUT2D eigenvalue weighted by Gasteiger charge is 2.32. The van der Waals surface area contributed by atoms with Gasteiger partial charge in [0.1, 0.15) is 0 Å². The Morgan fingerprint density at radius 1 is 1.20 bits per heavy atom. The third kappa shape index (κ3) is 3.86. The number of piperazine rings is 1. The number of nitrogens with zero attached hydrogens (tertiary/aromatic N) is 2. The molecule has 0 unspecified atom stereocenters. The fourth-order valence-electron chi connectivity index (χ4n) is 2.23. The van der Waals surface area contributed by atoms with E-state index in [9.17, 15) is 18.0 Å². The number of aldehydes is 1. The van der Waals surface area contributed by atoms with Crippen LogP contribution < -0.4 is 4.90 Å². The van der Waals surface area contributed by atoms with Gasteiger partial charge in [0.05, 0.1) is 11.6 Å². The Kier molecular flexibility index (Phi) is 4.55. The summed E-state index contributed by atoms with van der Waals surface area (Å²) in [4.78, 5) is 14.0. The van der Waals surface area contributed by atoms with Gasteiger partial charge in [-0.25, -0.2) is 0 Å². The van der Waals surface area contributed by atoms with E-state index in [1.165, 1.54) is 4.90 Å². The molecule has 0 saturated carbocycles. The molecule has 0 bridgehead atoms. The summed E-state index contributed by atoms with van der Waals surface area (Å²) in [6, 6.07) is 5.05. The number of rotatable bonds is 3. The monoisotopic (exact) mass is 306 g/mol. The lowest BCUT2D eigenvalue weighted by Crippen LogP contribution is -2.49. The molecular weight excluding hydrogens is 293 g/mol. The quantitative estimate of drug-likeness (QED) is 0.802. The molecule has 0 radical (unpaired) electrons. The molecule has 0 N–H and O–H groups in total. The zero-order valence-corrected chi connectivity index (χ0v) is 11.4. The summed E-state index contributed by atoms with van der Waals surface area (Å²) in [7, 11) is 0. The van der Waals surface area contributed by atoms with E-state index in [1.54, 1.807) is 18.2 Å².